The van der Waals surface area contributed by atoms with Gasteiger partial charge in [0.05, 0.1) is 6.61 Å². The van der Waals surface area contributed by atoms with Gasteiger partial charge in [-0.3, -0.25) is 4.57 Å². The Labute approximate surface area is 112 Å². The van der Waals surface area contributed by atoms with Gasteiger partial charge in [0, 0.05) is 6.20 Å². The minimum atomic E-state index is -3.71. The van der Waals surface area contributed by atoms with Crippen molar-refractivity contribution in [3.63, 3.8) is 0 Å². The number of aliphatic hydroxyl groups excluding tert-OH is 2. The average Bonchev–Trinajstić information content (AvgIpc) is 2.52. The number of alkyl halides is 2. The van der Waals surface area contributed by atoms with Crippen LogP contribution in [-0.4, -0.2) is 44.5 Å². The van der Waals surface area contributed by atoms with E-state index >= 15 is 0 Å². The quantitative estimate of drug-likeness (QED) is 0.510. The van der Waals surface area contributed by atoms with E-state index in [4.69, 9.17) is 15.6 Å². The van der Waals surface area contributed by atoms with Crippen LogP contribution in [0.1, 0.15) is 6.23 Å². The molecule has 1 aliphatic rings. The SMILES string of the molecule is Nc1ccn([C@@H]2O[C@H](CO)[C@@H](O)C2(F)F)c(=O)n1.[Cl-]. The topological polar surface area (TPSA) is 111 Å². The number of aromatic nitrogens is 2. The van der Waals surface area contributed by atoms with Gasteiger partial charge in [0.1, 0.15) is 11.9 Å². The molecule has 108 valence electrons. The molecule has 2 rings (SSSR count). The Morgan fingerprint density at radius 2 is 2.21 bits per heavy atom. The van der Waals surface area contributed by atoms with Gasteiger partial charge in [-0.1, -0.05) is 0 Å². The molecule has 0 unspecified atom stereocenters. The molecule has 1 aromatic heterocycles. The summed E-state index contributed by atoms with van der Waals surface area (Å²) < 4.78 is 32.7. The smallest absolute Gasteiger partial charge is 0.351 e. The second kappa shape index (κ2) is 5.37. The van der Waals surface area contributed by atoms with E-state index in [-0.39, 0.29) is 18.2 Å². The van der Waals surface area contributed by atoms with E-state index < -0.39 is 36.7 Å². The first-order valence-corrected chi connectivity index (χ1v) is 5.04. The van der Waals surface area contributed by atoms with Crippen molar-refractivity contribution in [2.75, 3.05) is 12.3 Å². The first-order chi connectivity index (χ1) is 8.37. The van der Waals surface area contributed by atoms with Gasteiger partial charge in [0.15, 0.2) is 6.10 Å². The number of nitrogens with zero attached hydrogens (tertiary/aromatic N) is 2. The minimum Gasteiger partial charge on any atom is -1.00 e. The number of nitrogen functional groups attached to an aromatic ring is 1. The highest BCUT2D eigenvalue weighted by Crippen LogP contribution is 2.41. The predicted octanol–water partition coefficient (Wildman–Crippen LogP) is -4.28. The maximum Gasteiger partial charge on any atom is 0.351 e. The zero-order valence-corrected chi connectivity index (χ0v) is 10.2. The van der Waals surface area contributed by atoms with Gasteiger partial charge in [0.2, 0.25) is 6.23 Å². The van der Waals surface area contributed by atoms with Crippen LogP contribution in [-0.2, 0) is 4.74 Å². The van der Waals surface area contributed by atoms with Crippen molar-refractivity contribution in [1.29, 1.82) is 0 Å². The standard InChI is InChI=1S/C9H11F2N3O4.ClH/c10-9(11)6(16)4(3-15)18-7(9)14-2-1-5(12)13-8(14)17;/h1-2,4,6-7,15-16H,3H2,(H2,12,13,17);1H/p-1/t4-,6-,7-;/m1./s1. The lowest BCUT2D eigenvalue weighted by Gasteiger charge is -2.20. The fraction of sp³-hybridized carbons (Fsp3) is 0.556. The van der Waals surface area contributed by atoms with Crippen molar-refractivity contribution >= 4 is 5.82 Å². The number of rotatable bonds is 2. The molecular weight excluding hydrogens is 288 g/mol. The third-order valence-corrected chi connectivity index (χ3v) is 2.66. The van der Waals surface area contributed by atoms with E-state index in [0.717, 1.165) is 12.3 Å². The number of hydrogen-bond acceptors (Lipinski definition) is 6. The Bertz CT molecular complexity index is 512. The molecule has 0 saturated carbocycles. The number of aliphatic hydroxyl groups is 2. The number of hydrogen-bond donors (Lipinski definition) is 3. The monoisotopic (exact) mass is 298 g/mol. The molecule has 0 amide bonds. The summed E-state index contributed by atoms with van der Waals surface area (Å²) in [6.07, 6.45) is -4.69. The van der Waals surface area contributed by atoms with Crippen molar-refractivity contribution in [3.05, 3.63) is 22.7 Å². The Morgan fingerprint density at radius 3 is 2.68 bits per heavy atom. The lowest BCUT2D eigenvalue weighted by Crippen LogP contribution is -3.00. The second-order valence-electron chi connectivity index (χ2n) is 3.87. The summed E-state index contributed by atoms with van der Waals surface area (Å²) in [5.74, 6) is -3.83. The molecule has 1 saturated heterocycles. The molecule has 3 atom stereocenters. The van der Waals surface area contributed by atoms with Crippen LogP contribution in [0.15, 0.2) is 17.1 Å². The number of nitrogens with two attached hydrogens (primary N) is 1. The average molecular weight is 299 g/mol. The van der Waals surface area contributed by atoms with Crippen molar-refractivity contribution < 1.29 is 36.1 Å². The molecular formula is C9H11ClF2N3O4-. The lowest BCUT2D eigenvalue weighted by molar-refractivity contribution is -0.140. The van der Waals surface area contributed by atoms with Crippen LogP contribution in [0.5, 0.6) is 0 Å². The van der Waals surface area contributed by atoms with Crippen LogP contribution in [0.2, 0.25) is 0 Å². The van der Waals surface area contributed by atoms with Gasteiger partial charge in [-0.25, -0.2) is 4.79 Å². The van der Waals surface area contributed by atoms with Gasteiger partial charge in [-0.15, -0.1) is 0 Å². The molecule has 19 heavy (non-hydrogen) atoms. The first-order valence-electron chi connectivity index (χ1n) is 5.04. The molecule has 0 spiro atoms. The predicted molar refractivity (Wildman–Crippen MR) is 54.9 cm³/mol. The summed E-state index contributed by atoms with van der Waals surface area (Å²) in [4.78, 5) is 14.7. The summed E-state index contributed by atoms with van der Waals surface area (Å²) in [5, 5.41) is 18.1. The molecule has 10 heteroatoms. The van der Waals surface area contributed by atoms with Crippen molar-refractivity contribution in [2.24, 2.45) is 0 Å². The van der Waals surface area contributed by atoms with Crippen LogP contribution < -0.4 is 23.8 Å². The summed E-state index contributed by atoms with van der Waals surface area (Å²) in [5.41, 5.74) is 4.21. The molecule has 4 N–H and O–H groups in total. The van der Waals surface area contributed by atoms with Crippen molar-refractivity contribution in [3.8, 4) is 0 Å². The third-order valence-electron chi connectivity index (χ3n) is 2.66. The molecule has 7 nitrogen and oxygen atoms in total. The Hall–Kier alpha value is -1.29. The second-order valence-corrected chi connectivity index (χ2v) is 3.87. The maximum atomic E-state index is 13.7. The van der Waals surface area contributed by atoms with Crippen molar-refractivity contribution in [2.45, 2.75) is 24.4 Å². The number of ether oxygens (including phenoxy) is 1. The van der Waals surface area contributed by atoms with Gasteiger partial charge >= 0.3 is 11.6 Å². The largest absolute Gasteiger partial charge is 1.00 e. The number of anilines is 1. The molecule has 0 radical (unpaired) electrons. The first kappa shape index (κ1) is 15.8. The summed E-state index contributed by atoms with van der Waals surface area (Å²) in [6.45, 7) is -0.787. The van der Waals surface area contributed by atoms with Crippen LogP contribution in [0.4, 0.5) is 14.6 Å². The number of halogens is 3. The Balaban J connectivity index is 0.00000180. The van der Waals surface area contributed by atoms with E-state index in [1.165, 1.54) is 0 Å². The summed E-state index contributed by atoms with van der Waals surface area (Å²) in [6, 6.07) is 1.15. The highest BCUT2D eigenvalue weighted by Gasteiger charge is 2.59. The van der Waals surface area contributed by atoms with E-state index in [1.807, 2.05) is 0 Å². The molecule has 1 aromatic rings. The molecule has 0 aromatic carbocycles. The molecule has 0 bridgehead atoms. The normalized spacial score (nSPS) is 28.9. The van der Waals surface area contributed by atoms with E-state index in [1.54, 1.807) is 0 Å². The maximum absolute atomic E-state index is 13.7. The molecule has 2 heterocycles. The van der Waals surface area contributed by atoms with Crippen LogP contribution in [0.3, 0.4) is 0 Å². The lowest BCUT2D eigenvalue weighted by atomic mass is 10.1. The summed E-state index contributed by atoms with van der Waals surface area (Å²) >= 11 is 0. The molecule has 1 fully saturated rings. The van der Waals surface area contributed by atoms with E-state index in [0.29, 0.717) is 4.57 Å². The van der Waals surface area contributed by atoms with Gasteiger partial charge < -0.3 is 33.1 Å². The van der Waals surface area contributed by atoms with Crippen LogP contribution >= 0.6 is 0 Å². The molecule has 1 aliphatic heterocycles. The van der Waals surface area contributed by atoms with E-state index in [2.05, 4.69) is 4.98 Å². The highest BCUT2D eigenvalue weighted by atomic mass is 35.5. The van der Waals surface area contributed by atoms with Crippen molar-refractivity contribution in [1.82, 2.24) is 9.55 Å². The van der Waals surface area contributed by atoms with E-state index in [9.17, 15) is 18.7 Å². The third kappa shape index (κ3) is 2.54. The van der Waals surface area contributed by atoms with Gasteiger partial charge in [-0.2, -0.15) is 13.8 Å². The van der Waals surface area contributed by atoms with Gasteiger partial charge in [-0.05, 0) is 6.07 Å². The minimum absolute atomic E-state index is 0. The fourth-order valence-corrected chi connectivity index (χ4v) is 1.72. The van der Waals surface area contributed by atoms with Gasteiger partial charge in [0.25, 0.3) is 0 Å². The Morgan fingerprint density at radius 1 is 1.58 bits per heavy atom. The summed E-state index contributed by atoms with van der Waals surface area (Å²) in [7, 11) is 0. The molecule has 0 aliphatic carbocycles. The van der Waals surface area contributed by atoms with Crippen LogP contribution in [0, 0.1) is 0 Å². The Kier molecular flexibility index (Phi) is 4.46. The fourth-order valence-electron chi connectivity index (χ4n) is 1.72. The zero-order chi connectivity index (χ0) is 13.5. The zero-order valence-electron chi connectivity index (χ0n) is 9.41. The van der Waals surface area contributed by atoms with Crippen LogP contribution in [0.25, 0.3) is 0 Å². The highest BCUT2D eigenvalue weighted by molar-refractivity contribution is 5.23.